The van der Waals surface area contributed by atoms with Gasteiger partial charge in [0.15, 0.2) is 6.29 Å². The second-order valence-electron chi connectivity index (χ2n) is 15.4. The smallest absolute Gasteiger partial charge is 0.394 e. The SMILES string of the molecule is CCCCCCCCCCC/C=C\C/C=C\CCCCCCCCC(O)C(=O)NC(COC1OC(CO)C(O)C(OS(=O)(=O)O)C1O)C(O)CCCCCCC. The Morgan fingerprint density at radius 2 is 1.20 bits per heavy atom. The number of ether oxygens (including phenoxy) is 2. The summed E-state index contributed by atoms with van der Waals surface area (Å²) in [6, 6.07) is -1.03. The van der Waals surface area contributed by atoms with Gasteiger partial charge in [-0.25, -0.2) is 4.18 Å². The Labute approximate surface area is 338 Å². The number of hydrogen-bond acceptors (Lipinski definition) is 11. The molecule has 0 bridgehead atoms. The van der Waals surface area contributed by atoms with Gasteiger partial charge in [0.2, 0.25) is 5.91 Å². The normalized spacial score (nSPS) is 22.2. The average molecular weight is 822 g/mol. The first-order valence-electron chi connectivity index (χ1n) is 21.8. The van der Waals surface area contributed by atoms with E-state index < -0.39 is 78.5 Å². The highest BCUT2D eigenvalue weighted by Crippen LogP contribution is 2.26. The molecule has 0 aromatic heterocycles. The molecule has 14 heteroatoms. The quantitative estimate of drug-likeness (QED) is 0.0199. The van der Waals surface area contributed by atoms with Crippen molar-refractivity contribution < 1.29 is 57.0 Å². The highest BCUT2D eigenvalue weighted by atomic mass is 32.3. The summed E-state index contributed by atoms with van der Waals surface area (Å²) >= 11 is 0. The van der Waals surface area contributed by atoms with Crippen molar-refractivity contribution in [2.75, 3.05) is 13.2 Å². The van der Waals surface area contributed by atoms with Gasteiger partial charge >= 0.3 is 10.4 Å². The standard InChI is InChI=1S/C42H79NO12S/c1-3-5-7-9-10-11-12-13-14-15-16-17-18-19-20-21-22-23-24-25-27-29-31-36(46)41(49)43-34(35(45)30-28-26-8-6-4-2)33-53-42-39(48)40(55-56(50,51)52)38(47)37(32-44)54-42/h16-17,19-20,34-40,42,44-48H,3-15,18,21-33H2,1-2H3,(H,43,49)(H,50,51,52)/b17-16-,20-19-. The van der Waals surface area contributed by atoms with E-state index in [-0.39, 0.29) is 6.42 Å². The van der Waals surface area contributed by atoms with Crippen molar-refractivity contribution in [2.24, 2.45) is 0 Å². The fraction of sp³-hybridized carbons (Fsp3) is 0.881. The van der Waals surface area contributed by atoms with E-state index >= 15 is 0 Å². The lowest BCUT2D eigenvalue weighted by atomic mass is 9.99. The van der Waals surface area contributed by atoms with Gasteiger partial charge < -0.3 is 40.3 Å². The average Bonchev–Trinajstić information content (AvgIpc) is 3.16. The van der Waals surface area contributed by atoms with Crippen LogP contribution in [0.1, 0.15) is 174 Å². The summed E-state index contributed by atoms with van der Waals surface area (Å²) in [5, 5.41) is 54.8. The van der Waals surface area contributed by atoms with Crippen molar-refractivity contribution in [2.45, 2.75) is 223 Å². The molecule has 7 N–H and O–H groups in total. The molecule has 1 rings (SSSR count). The Hall–Kier alpha value is -1.46. The van der Waals surface area contributed by atoms with Crippen LogP contribution in [-0.4, -0.2) is 107 Å². The molecule has 1 saturated heterocycles. The van der Waals surface area contributed by atoms with Crippen LogP contribution >= 0.6 is 0 Å². The van der Waals surface area contributed by atoms with Crippen LogP contribution in [0.3, 0.4) is 0 Å². The van der Waals surface area contributed by atoms with Crippen LogP contribution in [-0.2, 0) is 28.9 Å². The van der Waals surface area contributed by atoms with Gasteiger partial charge in [-0.3, -0.25) is 9.35 Å². The Bertz CT molecular complexity index is 1120. The Kier molecular flexibility index (Phi) is 31.3. The van der Waals surface area contributed by atoms with Crippen molar-refractivity contribution in [3.05, 3.63) is 24.3 Å². The van der Waals surface area contributed by atoms with Gasteiger partial charge in [-0.2, -0.15) is 8.42 Å². The molecule has 1 heterocycles. The minimum atomic E-state index is -5.10. The summed E-state index contributed by atoms with van der Waals surface area (Å²) in [4.78, 5) is 13.0. The van der Waals surface area contributed by atoms with E-state index in [9.17, 15) is 38.7 Å². The van der Waals surface area contributed by atoms with Gasteiger partial charge in [0.25, 0.3) is 0 Å². The molecule has 0 aromatic rings. The second kappa shape index (κ2) is 33.4. The van der Waals surface area contributed by atoms with Crippen molar-refractivity contribution in [3.63, 3.8) is 0 Å². The molecule has 8 unspecified atom stereocenters. The number of hydrogen-bond donors (Lipinski definition) is 7. The topological polar surface area (TPSA) is 212 Å². The first kappa shape index (κ1) is 52.6. The van der Waals surface area contributed by atoms with Gasteiger partial charge in [-0.05, 0) is 44.9 Å². The van der Waals surface area contributed by atoms with E-state index in [0.717, 1.165) is 70.6 Å². The monoisotopic (exact) mass is 822 g/mol. The molecule has 0 aromatic carbocycles. The Balaban J connectivity index is 2.39. The van der Waals surface area contributed by atoms with Crippen LogP contribution < -0.4 is 5.32 Å². The first-order valence-corrected chi connectivity index (χ1v) is 23.2. The predicted molar refractivity (Wildman–Crippen MR) is 219 cm³/mol. The maximum atomic E-state index is 13.0. The zero-order valence-corrected chi connectivity index (χ0v) is 35.4. The number of nitrogens with one attached hydrogen (secondary N) is 1. The van der Waals surface area contributed by atoms with Crippen LogP contribution in [0.2, 0.25) is 0 Å². The van der Waals surface area contributed by atoms with Crippen molar-refractivity contribution in [3.8, 4) is 0 Å². The van der Waals surface area contributed by atoms with E-state index in [1.54, 1.807) is 0 Å². The third kappa shape index (κ3) is 25.8. The van der Waals surface area contributed by atoms with Crippen LogP contribution in [0.15, 0.2) is 24.3 Å². The third-order valence-corrected chi connectivity index (χ3v) is 10.8. The molecule has 1 aliphatic rings. The molecule has 0 spiro atoms. The van der Waals surface area contributed by atoms with Crippen molar-refractivity contribution in [1.29, 1.82) is 0 Å². The number of carbonyl (C=O) groups excluding carboxylic acids is 1. The summed E-state index contributed by atoms with van der Waals surface area (Å²) in [7, 11) is -5.10. The van der Waals surface area contributed by atoms with E-state index in [2.05, 4.69) is 47.7 Å². The summed E-state index contributed by atoms with van der Waals surface area (Å²) in [5.41, 5.74) is 0. The van der Waals surface area contributed by atoms with Gasteiger partial charge in [-0.15, -0.1) is 0 Å². The van der Waals surface area contributed by atoms with Crippen molar-refractivity contribution in [1.82, 2.24) is 5.32 Å². The minimum absolute atomic E-state index is 0.247. The molecular weight excluding hydrogens is 743 g/mol. The van der Waals surface area contributed by atoms with Gasteiger partial charge in [-0.1, -0.05) is 154 Å². The Morgan fingerprint density at radius 3 is 1.70 bits per heavy atom. The molecule has 1 amide bonds. The van der Waals surface area contributed by atoms with Crippen LogP contribution in [0.25, 0.3) is 0 Å². The molecule has 1 fully saturated rings. The van der Waals surface area contributed by atoms with Crippen LogP contribution in [0.4, 0.5) is 0 Å². The third-order valence-electron chi connectivity index (χ3n) is 10.4. The zero-order valence-electron chi connectivity index (χ0n) is 34.6. The molecule has 8 atom stereocenters. The Morgan fingerprint density at radius 1 is 0.714 bits per heavy atom. The van der Waals surface area contributed by atoms with E-state index in [4.69, 9.17) is 14.0 Å². The van der Waals surface area contributed by atoms with E-state index in [0.29, 0.717) is 19.3 Å². The summed E-state index contributed by atoms with van der Waals surface area (Å²) in [6.45, 7) is 3.14. The van der Waals surface area contributed by atoms with Gasteiger partial charge in [0.1, 0.15) is 30.5 Å². The van der Waals surface area contributed by atoms with Crippen molar-refractivity contribution >= 4 is 16.3 Å². The number of aliphatic hydroxyl groups is 5. The van der Waals surface area contributed by atoms with Crippen LogP contribution in [0, 0.1) is 0 Å². The van der Waals surface area contributed by atoms with Crippen LogP contribution in [0.5, 0.6) is 0 Å². The molecular formula is C42H79NO12S. The lowest BCUT2D eigenvalue weighted by Crippen LogP contribution is -2.61. The van der Waals surface area contributed by atoms with E-state index in [1.807, 2.05) is 0 Å². The number of carbonyl (C=O) groups is 1. The number of amides is 1. The molecule has 56 heavy (non-hydrogen) atoms. The maximum Gasteiger partial charge on any atom is 0.397 e. The highest BCUT2D eigenvalue weighted by Gasteiger charge is 2.48. The van der Waals surface area contributed by atoms with E-state index in [1.165, 1.54) is 64.2 Å². The maximum absolute atomic E-state index is 13.0. The fourth-order valence-corrected chi connectivity index (χ4v) is 7.36. The minimum Gasteiger partial charge on any atom is -0.394 e. The lowest BCUT2D eigenvalue weighted by molar-refractivity contribution is -0.298. The highest BCUT2D eigenvalue weighted by molar-refractivity contribution is 7.80. The number of rotatable bonds is 36. The van der Waals surface area contributed by atoms with Gasteiger partial charge in [0, 0.05) is 0 Å². The zero-order chi connectivity index (χ0) is 41.4. The molecule has 0 radical (unpaired) electrons. The first-order chi connectivity index (χ1) is 26.9. The summed E-state index contributed by atoms with van der Waals surface area (Å²) in [6.07, 6.45) is 24.5. The molecule has 0 aliphatic carbocycles. The number of unbranched alkanes of at least 4 members (excludes halogenated alkanes) is 19. The second-order valence-corrected chi connectivity index (χ2v) is 16.5. The molecule has 1 aliphatic heterocycles. The number of allylic oxidation sites excluding steroid dienone is 4. The molecule has 0 saturated carbocycles. The summed E-state index contributed by atoms with van der Waals surface area (Å²) in [5.74, 6) is -0.685. The fourth-order valence-electron chi connectivity index (χ4n) is 6.85. The lowest BCUT2D eigenvalue weighted by Gasteiger charge is -2.41. The molecule has 330 valence electrons. The largest absolute Gasteiger partial charge is 0.397 e. The van der Waals surface area contributed by atoms with Gasteiger partial charge in [0.05, 0.1) is 25.4 Å². The number of aliphatic hydroxyl groups excluding tert-OH is 5. The summed E-state index contributed by atoms with van der Waals surface area (Å²) < 4.78 is 47.2. The predicted octanol–water partition coefficient (Wildman–Crippen LogP) is 6.74. The molecule has 13 nitrogen and oxygen atoms in total.